The Balaban J connectivity index is 1.66. The number of carbonyl (C=O) groups excluding carboxylic acids is 2. The lowest BCUT2D eigenvalue weighted by Gasteiger charge is -2.43. The number of hydrogen-bond acceptors (Lipinski definition) is 4. The van der Waals surface area contributed by atoms with Crippen LogP contribution in [0.4, 0.5) is 0 Å². The second kappa shape index (κ2) is 6.49. The number of carbonyl (C=O) groups is 2. The van der Waals surface area contributed by atoms with Gasteiger partial charge >= 0.3 is 0 Å². The zero-order valence-corrected chi connectivity index (χ0v) is 15.5. The molecule has 1 saturated carbocycles. The van der Waals surface area contributed by atoms with Crippen molar-refractivity contribution in [1.29, 1.82) is 0 Å². The molecule has 6 heteroatoms. The third kappa shape index (κ3) is 3.24. The van der Waals surface area contributed by atoms with Crippen LogP contribution in [0.25, 0.3) is 0 Å². The van der Waals surface area contributed by atoms with E-state index in [1.165, 1.54) is 0 Å². The van der Waals surface area contributed by atoms with Gasteiger partial charge in [-0.05, 0) is 37.8 Å². The number of hydrogen-bond donors (Lipinski definition) is 0. The van der Waals surface area contributed by atoms with Crippen LogP contribution in [0.1, 0.15) is 38.2 Å². The summed E-state index contributed by atoms with van der Waals surface area (Å²) in [5.74, 6) is 1.97. The summed E-state index contributed by atoms with van der Waals surface area (Å²) in [6, 6.07) is 5.74. The first-order valence-corrected chi connectivity index (χ1v) is 9.40. The van der Waals surface area contributed by atoms with E-state index >= 15 is 0 Å². The Morgan fingerprint density at radius 1 is 1.23 bits per heavy atom. The maximum atomic E-state index is 12.6. The summed E-state index contributed by atoms with van der Waals surface area (Å²) in [4.78, 5) is 28.6. The molecule has 0 unspecified atom stereocenters. The number of likely N-dealkylation sites (tertiary alicyclic amines) is 1. The van der Waals surface area contributed by atoms with Crippen molar-refractivity contribution in [2.45, 2.75) is 44.8 Å². The molecule has 0 bridgehead atoms. The quantitative estimate of drug-likeness (QED) is 0.813. The minimum Gasteiger partial charge on any atom is -0.497 e. The maximum Gasteiger partial charge on any atom is 0.225 e. The van der Waals surface area contributed by atoms with Gasteiger partial charge in [-0.2, -0.15) is 0 Å². The predicted octanol–water partition coefficient (Wildman–Crippen LogP) is 2.21. The second-order valence-electron chi connectivity index (χ2n) is 7.77. The first-order chi connectivity index (χ1) is 12.5. The van der Waals surface area contributed by atoms with Crippen LogP contribution in [-0.4, -0.2) is 54.0 Å². The summed E-state index contributed by atoms with van der Waals surface area (Å²) in [7, 11) is 1.63. The largest absolute Gasteiger partial charge is 0.497 e. The summed E-state index contributed by atoms with van der Waals surface area (Å²) in [6.07, 6.45) is 3.73. The predicted molar refractivity (Wildman–Crippen MR) is 96.0 cm³/mol. The van der Waals surface area contributed by atoms with E-state index < -0.39 is 5.60 Å². The number of fused-ring (bicyclic) bond motifs is 1. The van der Waals surface area contributed by atoms with Crippen molar-refractivity contribution in [3.8, 4) is 11.5 Å². The molecule has 1 saturated heterocycles. The molecule has 0 radical (unpaired) electrons. The molecule has 2 heterocycles. The average Bonchev–Trinajstić information content (AvgIpc) is 3.47. The van der Waals surface area contributed by atoms with Gasteiger partial charge in [0.2, 0.25) is 11.8 Å². The van der Waals surface area contributed by atoms with Crippen LogP contribution in [0.15, 0.2) is 18.2 Å². The van der Waals surface area contributed by atoms with Crippen LogP contribution < -0.4 is 9.47 Å². The van der Waals surface area contributed by atoms with E-state index in [1.807, 2.05) is 28.0 Å². The smallest absolute Gasteiger partial charge is 0.225 e. The van der Waals surface area contributed by atoms with Crippen LogP contribution in [0, 0.1) is 5.92 Å². The molecular formula is C20H26N2O4. The van der Waals surface area contributed by atoms with Gasteiger partial charge in [0.15, 0.2) is 0 Å². The Kier molecular flexibility index (Phi) is 4.29. The highest BCUT2D eigenvalue weighted by molar-refractivity contribution is 5.81. The summed E-state index contributed by atoms with van der Waals surface area (Å²) in [5, 5.41) is 0. The number of amides is 2. The van der Waals surface area contributed by atoms with Crippen molar-refractivity contribution >= 4 is 11.8 Å². The molecule has 1 aliphatic carbocycles. The van der Waals surface area contributed by atoms with Gasteiger partial charge in [-0.3, -0.25) is 9.59 Å². The molecule has 2 aliphatic heterocycles. The van der Waals surface area contributed by atoms with E-state index in [9.17, 15) is 9.59 Å². The van der Waals surface area contributed by atoms with E-state index in [0.29, 0.717) is 19.6 Å². The number of nitrogens with zero attached hydrogens (tertiary/aromatic N) is 2. The highest BCUT2D eigenvalue weighted by Crippen LogP contribution is 2.38. The summed E-state index contributed by atoms with van der Waals surface area (Å²) in [6.45, 7) is 3.95. The van der Waals surface area contributed by atoms with Crippen molar-refractivity contribution in [1.82, 2.24) is 9.80 Å². The Labute approximate surface area is 154 Å². The molecule has 2 amide bonds. The Hall–Kier alpha value is -2.24. The van der Waals surface area contributed by atoms with Crippen LogP contribution >= 0.6 is 0 Å². The molecule has 0 N–H and O–H groups in total. The standard InChI is InChI=1S/C20H26N2O4/c1-14(23)22-11-16-6-7-17(25-2)10-18(16)26-20(13-22)8-3-9-21(12-20)19(24)15-4-5-15/h6-7,10,15H,3-5,8-9,11-13H2,1-2H3/t20-/m0/s1. The lowest BCUT2D eigenvalue weighted by Crippen LogP contribution is -2.58. The van der Waals surface area contributed by atoms with Crippen LogP contribution in [0.3, 0.4) is 0 Å². The maximum absolute atomic E-state index is 12.6. The number of rotatable bonds is 2. The van der Waals surface area contributed by atoms with E-state index in [1.54, 1.807) is 14.0 Å². The van der Waals surface area contributed by atoms with Gasteiger partial charge in [-0.15, -0.1) is 0 Å². The highest BCUT2D eigenvalue weighted by atomic mass is 16.5. The first-order valence-electron chi connectivity index (χ1n) is 9.40. The van der Waals surface area contributed by atoms with Crippen molar-refractivity contribution in [3.05, 3.63) is 23.8 Å². The second-order valence-corrected chi connectivity index (χ2v) is 7.77. The number of benzene rings is 1. The fourth-order valence-corrected chi connectivity index (χ4v) is 4.07. The third-order valence-corrected chi connectivity index (χ3v) is 5.66. The average molecular weight is 358 g/mol. The van der Waals surface area contributed by atoms with Crippen molar-refractivity contribution in [2.24, 2.45) is 5.92 Å². The molecule has 1 spiro atoms. The Morgan fingerprint density at radius 3 is 2.69 bits per heavy atom. The van der Waals surface area contributed by atoms with Crippen molar-refractivity contribution in [2.75, 3.05) is 26.7 Å². The molecule has 26 heavy (non-hydrogen) atoms. The van der Waals surface area contributed by atoms with Gasteiger partial charge < -0.3 is 19.3 Å². The lowest BCUT2D eigenvalue weighted by molar-refractivity contribution is -0.141. The Morgan fingerprint density at radius 2 is 2.00 bits per heavy atom. The van der Waals surface area contributed by atoms with Crippen LogP contribution in [0.5, 0.6) is 11.5 Å². The van der Waals surface area contributed by atoms with E-state index in [2.05, 4.69) is 0 Å². The third-order valence-electron chi connectivity index (χ3n) is 5.66. The van der Waals surface area contributed by atoms with E-state index in [0.717, 1.165) is 49.3 Å². The minimum absolute atomic E-state index is 0.0299. The van der Waals surface area contributed by atoms with Gasteiger partial charge in [-0.25, -0.2) is 0 Å². The topological polar surface area (TPSA) is 59.1 Å². The molecule has 1 aromatic rings. The Bertz CT molecular complexity index is 731. The number of ether oxygens (including phenoxy) is 2. The molecule has 1 aromatic carbocycles. The van der Waals surface area contributed by atoms with Gasteiger partial charge in [0.1, 0.15) is 17.1 Å². The number of methoxy groups -OCH3 is 1. The van der Waals surface area contributed by atoms with Gasteiger partial charge in [0.05, 0.1) is 20.2 Å². The molecule has 3 aliphatic rings. The molecular weight excluding hydrogens is 332 g/mol. The zero-order valence-electron chi connectivity index (χ0n) is 15.5. The van der Waals surface area contributed by atoms with Gasteiger partial charge in [-0.1, -0.05) is 0 Å². The zero-order chi connectivity index (χ0) is 18.3. The molecule has 0 aromatic heterocycles. The lowest BCUT2D eigenvalue weighted by atomic mass is 9.91. The van der Waals surface area contributed by atoms with E-state index in [-0.39, 0.29) is 17.7 Å². The highest BCUT2D eigenvalue weighted by Gasteiger charge is 2.45. The summed E-state index contributed by atoms with van der Waals surface area (Å²) in [5.41, 5.74) is 0.426. The van der Waals surface area contributed by atoms with Gasteiger partial charge in [0, 0.05) is 37.6 Å². The molecule has 1 atom stereocenters. The monoisotopic (exact) mass is 358 g/mol. The molecule has 6 nitrogen and oxygen atoms in total. The van der Waals surface area contributed by atoms with Crippen molar-refractivity contribution in [3.63, 3.8) is 0 Å². The fourth-order valence-electron chi connectivity index (χ4n) is 4.07. The normalized spacial score (nSPS) is 25.3. The summed E-state index contributed by atoms with van der Waals surface area (Å²) >= 11 is 0. The van der Waals surface area contributed by atoms with Gasteiger partial charge in [0.25, 0.3) is 0 Å². The van der Waals surface area contributed by atoms with E-state index in [4.69, 9.17) is 9.47 Å². The SMILES string of the molecule is COc1ccc2c(c1)O[C@]1(CCCN(C(=O)C3CC3)C1)CN(C(C)=O)C2. The van der Waals surface area contributed by atoms with Crippen LogP contribution in [0.2, 0.25) is 0 Å². The molecule has 4 rings (SSSR count). The summed E-state index contributed by atoms with van der Waals surface area (Å²) < 4.78 is 11.9. The van der Waals surface area contributed by atoms with Crippen molar-refractivity contribution < 1.29 is 19.1 Å². The minimum atomic E-state index is -0.550. The number of piperidine rings is 1. The molecule has 2 fully saturated rings. The first kappa shape index (κ1) is 17.2. The molecule has 140 valence electrons. The fraction of sp³-hybridized carbons (Fsp3) is 0.600. The van der Waals surface area contributed by atoms with Crippen LogP contribution in [-0.2, 0) is 16.1 Å².